The zero-order valence-electron chi connectivity index (χ0n) is 8.69. The van der Waals surface area contributed by atoms with Crippen molar-refractivity contribution in [3.8, 4) is 0 Å². The first-order valence-electron chi connectivity index (χ1n) is 5.18. The first kappa shape index (κ1) is 10.6. The van der Waals surface area contributed by atoms with Gasteiger partial charge in [-0.25, -0.2) is 0 Å². The molecule has 0 aliphatic heterocycles. The van der Waals surface area contributed by atoms with E-state index in [1.54, 1.807) is 0 Å². The fraction of sp³-hybridized carbons (Fsp3) is 0.417. The average Bonchev–Trinajstić information content (AvgIpc) is 3.00. The van der Waals surface area contributed by atoms with Crippen molar-refractivity contribution in [3.05, 3.63) is 29.8 Å². The Morgan fingerprint density at radius 2 is 2.00 bits per heavy atom. The van der Waals surface area contributed by atoms with Gasteiger partial charge in [-0.05, 0) is 37.0 Å². The molecule has 3 heteroatoms. The van der Waals surface area contributed by atoms with E-state index in [2.05, 4.69) is 19.1 Å². The lowest BCUT2D eigenvalue weighted by Crippen LogP contribution is -2.16. The van der Waals surface area contributed by atoms with Crippen LogP contribution in [0.25, 0.3) is 0 Å². The minimum Gasteiger partial charge on any atom is -0.480 e. The highest BCUT2D eigenvalue weighted by Gasteiger charge is 2.51. The smallest absolute Gasteiger partial charge is 0.320 e. The molecule has 0 unspecified atom stereocenters. The first-order chi connectivity index (χ1) is 7.16. The summed E-state index contributed by atoms with van der Waals surface area (Å²) >= 11 is 1.48. The van der Waals surface area contributed by atoms with Gasteiger partial charge in [-0.1, -0.05) is 19.1 Å². The van der Waals surface area contributed by atoms with Crippen LogP contribution in [0.1, 0.15) is 25.3 Å². The molecular weight excluding hydrogens is 208 g/mol. The second kappa shape index (κ2) is 3.89. The van der Waals surface area contributed by atoms with Gasteiger partial charge in [0.05, 0.1) is 0 Å². The van der Waals surface area contributed by atoms with Gasteiger partial charge in [0, 0.05) is 4.90 Å². The number of carboxylic acids is 1. The molecule has 15 heavy (non-hydrogen) atoms. The van der Waals surface area contributed by atoms with Crippen molar-refractivity contribution in [2.75, 3.05) is 0 Å². The molecule has 2 nitrogen and oxygen atoms in total. The Morgan fingerprint density at radius 1 is 1.40 bits per heavy atom. The molecule has 0 saturated heterocycles. The van der Waals surface area contributed by atoms with Crippen LogP contribution in [0.4, 0.5) is 0 Å². The molecule has 0 amide bonds. The molecule has 1 fully saturated rings. The van der Waals surface area contributed by atoms with E-state index in [0.29, 0.717) is 0 Å². The van der Waals surface area contributed by atoms with E-state index >= 15 is 0 Å². The number of rotatable bonds is 4. The maximum Gasteiger partial charge on any atom is 0.320 e. The monoisotopic (exact) mass is 222 g/mol. The summed E-state index contributed by atoms with van der Waals surface area (Å²) in [6.45, 7) is 2.11. The van der Waals surface area contributed by atoms with Crippen LogP contribution < -0.4 is 0 Å². The minimum absolute atomic E-state index is 0.520. The van der Waals surface area contributed by atoms with Crippen molar-refractivity contribution in [1.29, 1.82) is 0 Å². The fourth-order valence-corrected chi connectivity index (χ4v) is 2.61. The average molecular weight is 222 g/mol. The van der Waals surface area contributed by atoms with Crippen molar-refractivity contribution in [1.82, 2.24) is 0 Å². The largest absolute Gasteiger partial charge is 0.480 e. The summed E-state index contributed by atoms with van der Waals surface area (Å²) in [6, 6.07) is 8.18. The summed E-state index contributed by atoms with van der Waals surface area (Å²) in [5.74, 6) is -0.674. The van der Waals surface area contributed by atoms with Gasteiger partial charge in [0.15, 0.2) is 0 Å². The third kappa shape index (κ3) is 2.17. The topological polar surface area (TPSA) is 37.3 Å². The molecule has 0 heterocycles. The molecule has 1 aromatic carbocycles. The molecule has 1 aromatic rings. The number of carbonyl (C=O) groups is 1. The Bertz CT molecular complexity index is 366. The van der Waals surface area contributed by atoms with Crippen LogP contribution in [-0.4, -0.2) is 15.8 Å². The van der Waals surface area contributed by atoms with Gasteiger partial charge in [0.1, 0.15) is 4.75 Å². The maximum atomic E-state index is 11.0. The standard InChI is InChI=1S/C12H14O2S/c1-2-9-3-5-10(6-4-9)15-12(7-8-12)11(13)14/h3-6H,2,7-8H2,1H3,(H,13,14). The van der Waals surface area contributed by atoms with E-state index in [1.807, 2.05) is 12.1 Å². The Hall–Kier alpha value is -0.960. The highest BCUT2D eigenvalue weighted by molar-refractivity contribution is 8.01. The predicted octanol–water partition coefficient (Wildman–Crippen LogP) is 2.96. The lowest BCUT2D eigenvalue weighted by atomic mass is 10.2. The van der Waals surface area contributed by atoms with Crippen molar-refractivity contribution in [2.24, 2.45) is 0 Å². The summed E-state index contributed by atoms with van der Waals surface area (Å²) in [7, 11) is 0. The number of hydrogen-bond acceptors (Lipinski definition) is 2. The molecule has 0 bridgehead atoms. The van der Waals surface area contributed by atoms with Gasteiger partial charge >= 0.3 is 5.97 Å². The molecule has 1 aliphatic rings. The quantitative estimate of drug-likeness (QED) is 0.851. The molecule has 0 radical (unpaired) electrons. The predicted molar refractivity (Wildman–Crippen MR) is 61.3 cm³/mol. The van der Waals surface area contributed by atoms with Gasteiger partial charge in [0.2, 0.25) is 0 Å². The third-order valence-electron chi connectivity index (χ3n) is 2.74. The number of aliphatic carboxylic acids is 1. The second-order valence-electron chi connectivity index (χ2n) is 3.90. The van der Waals surface area contributed by atoms with E-state index < -0.39 is 10.7 Å². The Balaban J connectivity index is 2.08. The van der Waals surface area contributed by atoms with E-state index in [1.165, 1.54) is 17.3 Å². The number of carboxylic acid groups (broad SMARTS) is 1. The highest BCUT2D eigenvalue weighted by atomic mass is 32.2. The summed E-state index contributed by atoms with van der Waals surface area (Å²) in [6.07, 6.45) is 2.61. The van der Waals surface area contributed by atoms with E-state index in [-0.39, 0.29) is 0 Å². The molecule has 0 spiro atoms. The van der Waals surface area contributed by atoms with E-state index in [4.69, 9.17) is 5.11 Å². The molecule has 1 saturated carbocycles. The Kier molecular flexibility index (Phi) is 2.74. The molecule has 0 aromatic heterocycles. The maximum absolute atomic E-state index is 11.0. The summed E-state index contributed by atoms with van der Waals surface area (Å²) in [4.78, 5) is 12.1. The van der Waals surface area contributed by atoms with Crippen molar-refractivity contribution in [2.45, 2.75) is 35.8 Å². The second-order valence-corrected chi connectivity index (χ2v) is 5.36. The first-order valence-corrected chi connectivity index (χ1v) is 5.99. The fourth-order valence-electron chi connectivity index (χ4n) is 1.49. The Labute approximate surface area is 93.7 Å². The molecule has 0 atom stereocenters. The number of hydrogen-bond donors (Lipinski definition) is 1. The zero-order valence-corrected chi connectivity index (χ0v) is 9.51. The van der Waals surface area contributed by atoms with Crippen LogP contribution in [0.5, 0.6) is 0 Å². The highest BCUT2D eigenvalue weighted by Crippen LogP contribution is 2.51. The van der Waals surface area contributed by atoms with Crippen molar-refractivity contribution in [3.63, 3.8) is 0 Å². The Morgan fingerprint density at radius 3 is 2.40 bits per heavy atom. The van der Waals surface area contributed by atoms with Crippen LogP contribution in [0.3, 0.4) is 0 Å². The van der Waals surface area contributed by atoms with Crippen LogP contribution in [0.2, 0.25) is 0 Å². The molecular formula is C12H14O2S. The van der Waals surface area contributed by atoms with E-state index in [9.17, 15) is 4.79 Å². The normalized spacial score (nSPS) is 17.4. The summed E-state index contributed by atoms with van der Waals surface area (Å²) in [5, 5.41) is 9.05. The molecule has 1 aliphatic carbocycles. The van der Waals surface area contributed by atoms with Gasteiger partial charge in [0.25, 0.3) is 0 Å². The van der Waals surface area contributed by atoms with Crippen LogP contribution >= 0.6 is 11.8 Å². The van der Waals surface area contributed by atoms with Gasteiger partial charge < -0.3 is 5.11 Å². The summed E-state index contributed by atoms with van der Waals surface area (Å²) in [5.41, 5.74) is 1.29. The van der Waals surface area contributed by atoms with Crippen molar-refractivity contribution >= 4 is 17.7 Å². The zero-order chi connectivity index (χ0) is 10.9. The number of thioether (sulfide) groups is 1. The lowest BCUT2D eigenvalue weighted by Gasteiger charge is -2.09. The minimum atomic E-state index is -0.674. The van der Waals surface area contributed by atoms with Gasteiger partial charge in [-0.15, -0.1) is 11.8 Å². The number of benzene rings is 1. The number of aryl methyl sites for hydroxylation is 1. The third-order valence-corrected chi connectivity index (χ3v) is 4.22. The van der Waals surface area contributed by atoms with Crippen LogP contribution in [0.15, 0.2) is 29.2 Å². The van der Waals surface area contributed by atoms with Crippen LogP contribution in [-0.2, 0) is 11.2 Å². The molecule has 2 rings (SSSR count). The van der Waals surface area contributed by atoms with Crippen LogP contribution in [0, 0.1) is 0 Å². The molecule has 1 N–H and O–H groups in total. The SMILES string of the molecule is CCc1ccc(SC2(C(=O)O)CC2)cc1. The van der Waals surface area contributed by atoms with Crippen molar-refractivity contribution < 1.29 is 9.90 Å². The lowest BCUT2D eigenvalue weighted by molar-refractivity contribution is -0.137. The van der Waals surface area contributed by atoms with Gasteiger partial charge in [-0.3, -0.25) is 4.79 Å². The van der Waals surface area contributed by atoms with Gasteiger partial charge in [-0.2, -0.15) is 0 Å². The van der Waals surface area contributed by atoms with E-state index in [0.717, 1.165) is 24.2 Å². The molecule has 80 valence electrons. The summed E-state index contributed by atoms with van der Waals surface area (Å²) < 4.78 is -0.520.